The summed E-state index contributed by atoms with van der Waals surface area (Å²) in [5.74, 6) is -7.13. The van der Waals surface area contributed by atoms with E-state index in [-0.39, 0.29) is 41.8 Å². The molecule has 0 bridgehead atoms. The minimum absolute atomic E-state index is 0.0248. The van der Waals surface area contributed by atoms with Crippen molar-refractivity contribution < 1.29 is 35.8 Å². The maximum atomic E-state index is 15.1. The van der Waals surface area contributed by atoms with E-state index < -0.39 is 46.0 Å². The number of allylic oxidation sites excluding steroid dienone is 1. The van der Waals surface area contributed by atoms with E-state index in [0.29, 0.717) is 31.3 Å². The van der Waals surface area contributed by atoms with Crippen molar-refractivity contribution in [1.82, 2.24) is 0 Å². The maximum absolute atomic E-state index is 15.1. The predicted molar refractivity (Wildman–Crippen MR) is 134 cm³/mol. The fraction of sp³-hybridized carbons (Fsp3) is 0.333. The van der Waals surface area contributed by atoms with E-state index in [1.54, 1.807) is 6.08 Å². The highest BCUT2D eigenvalue weighted by Crippen LogP contribution is 2.36. The van der Waals surface area contributed by atoms with E-state index >= 15 is 8.78 Å². The maximum Gasteiger partial charge on any atom is 0.201 e. The molecule has 1 aliphatic rings. The molecule has 1 aliphatic carbocycles. The van der Waals surface area contributed by atoms with Crippen molar-refractivity contribution in [3.05, 3.63) is 94.1 Å². The lowest BCUT2D eigenvalue weighted by Crippen LogP contribution is -2.16. The van der Waals surface area contributed by atoms with Gasteiger partial charge < -0.3 is 9.47 Å². The standard InChI is InChI=1S/C30H28F6O2/c1-3-4-15-37-24-14-13-23(29(35)30(24)36)22-12-11-21(27(33)28(22)34)18-7-9-20(10-8-18)38-16-19-6-5-17(2)25(31)26(19)32/h5-7,11-14,20H,3-4,8-10,15-16H2,1-2H3. The minimum atomic E-state index is -1.31. The van der Waals surface area contributed by atoms with Crippen molar-refractivity contribution in [2.45, 2.75) is 58.7 Å². The molecule has 0 aromatic heterocycles. The van der Waals surface area contributed by atoms with Crippen LogP contribution >= 0.6 is 0 Å². The second-order valence-electron chi connectivity index (χ2n) is 9.34. The lowest BCUT2D eigenvalue weighted by molar-refractivity contribution is 0.0342. The highest BCUT2D eigenvalue weighted by molar-refractivity contribution is 5.72. The van der Waals surface area contributed by atoms with Gasteiger partial charge in [0.15, 0.2) is 34.8 Å². The van der Waals surface area contributed by atoms with Crippen LogP contribution < -0.4 is 4.74 Å². The number of hydrogen-bond donors (Lipinski definition) is 0. The largest absolute Gasteiger partial charge is 0.490 e. The van der Waals surface area contributed by atoms with Crippen LogP contribution in [0.1, 0.15) is 55.7 Å². The fourth-order valence-corrected chi connectivity index (χ4v) is 4.39. The Labute approximate surface area is 217 Å². The van der Waals surface area contributed by atoms with Gasteiger partial charge in [0.05, 0.1) is 19.3 Å². The van der Waals surface area contributed by atoms with Gasteiger partial charge in [0, 0.05) is 22.3 Å². The van der Waals surface area contributed by atoms with Crippen molar-refractivity contribution in [2.75, 3.05) is 6.61 Å². The molecule has 38 heavy (non-hydrogen) atoms. The molecule has 4 rings (SSSR count). The Morgan fingerprint density at radius 3 is 2.11 bits per heavy atom. The molecule has 3 aromatic rings. The van der Waals surface area contributed by atoms with Crippen LogP contribution in [-0.4, -0.2) is 12.7 Å². The number of rotatable bonds is 9. The van der Waals surface area contributed by atoms with Crippen molar-refractivity contribution in [2.24, 2.45) is 0 Å². The molecule has 8 heteroatoms. The number of benzene rings is 3. The Bertz CT molecular complexity index is 1350. The van der Waals surface area contributed by atoms with Crippen molar-refractivity contribution in [1.29, 1.82) is 0 Å². The van der Waals surface area contributed by atoms with E-state index in [0.717, 1.165) is 6.42 Å². The number of unbranched alkanes of at least 4 members (excludes halogenated alkanes) is 1. The van der Waals surface area contributed by atoms with E-state index in [1.807, 2.05) is 6.92 Å². The Balaban J connectivity index is 1.47. The molecule has 0 saturated carbocycles. The van der Waals surface area contributed by atoms with Gasteiger partial charge in [-0.05, 0) is 55.9 Å². The van der Waals surface area contributed by atoms with Gasteiger partial charge >= 0.3 is 0 Å². The summed E-state index contributed by atoms with van der Waals surface area (Å²) in [4.78, 5) is 0. The van der Waals surface area contributed by atoms with Crippen molar-refractivity contribution in [3.8, 4) is 16.9 Å². The zero-order valence-electron chi connectivity index (χ0n) is 21.2. The number of ether oxygens (including phenoxy) is 2. The minimum Gasteiger partial charge on any atom is -0.490 e. The van der Waals surface area contributed by atoms with E-state index in [9.17, 15) is 17.6 Å². The van der Waals surface area contributed by atoms with Gasteiger partial charge in [0.1, 0.15) is 0 Å². The van der Waals surface area contributed by atoms with Gasteiger partial charge in [-0.15, -0.1) is 0 Å². The average molecular weight is 535 g/mol. The van der Waals surface area contributed by atoms with Crippen LogP contribution in [0.4, 0.5) is 26.3 Å². The van der Waals surface area contributed by atoms with Gasteiger partial charge in [0.2, 0.25) is 5.82 Å². The molecule has 3 aromatic carbocycles. The quantitative estimate of drug-likeness (QED) is 0.202. The van der Waals surface area contributed by atoms with Crippen LogP contribution in [0.25, 0.3) is 16.7 Å². The van der Waals surface area contributed by atoms with Crippen LogP contribution in [0.15, 0.2) is 42.5 Å². The smallest absolute Gasteiger partial charge is 0.201 e. The topological polar surface area (TPSA) is 18.5 Å². The molecule has 0 saturated heterocycles. The summed E-state index contributed by atoms with van der Waals surface area (Å²) in [7, 11) is 0. The highest BCUT2D eigenvalue weighted by Gasteiger charge is 2.24. The molecular weight excluding hydrogens is 506 g/mol. The molecule has 0 N–H and O–H groups in total. The Morgan fingerprint density at radius 2 is 1.42 bits per heavy atom. The first-order chi connectivity index (χ1) is 18.2. The summed E-state index contributed by atoms with van der Waals surface area (Å²) >= 11 is 0. The summed E-state index contributed by atoms with van der Waals surface area (Å²) < 4.78 is 98.1. The summed E-state index contributed by atoms with van der Waals surface area (Å²) in [6, 6.07) is 7.89. The average Bonchev–Trinajstić information content (AvgIpc) is 2.92. The third-order valence-electron chi connectivity index (χ3n) is 6.71. The van der Waals surface area contributed by atoms with Crippen LogP contribution in [0.5, 0.6) is 5.75 Å². The predicted octanol–water partition coefficient (Wildman–Crippen LogP) is 8.83. The fourth-order valence-electron chi connectivity index (χ4n) is 4.39. The van der Waals surface area contributed by atoms with Gasteiger partial charge in [-0.1, -0.05) is 43.7 Å². The third kappa shape index (κ3) is 5.75. The van der Waals surface area contributed by atoms with Crippen molar-refractivity contribution in [3.63, 3.8) is 0 Å². The lowest BCUT2D eigenvalue weighted by Gasteiger charge is -2.23. The first-order valence-corrected chi connectivity index (χ1v) is 12.6. The van der Waals surface area contributed by atoms with Crippen LogP contribution in [0.2, 0.25) is 0 Å². The summed E-state index contributed by atoms with van der Waals surface area (Å²) in [5, 5.41) is 0. The number of hydrogen-bond acceptors (Lipinski definition) is 2. The Hall–Kier alpha value is -3.26. The molecule has 0 amide bonds. The molecule has 2 nitrogen and oxygen atoms in total. The Kier molecular flexibility index (Phi) is 8.82. The number of halogens is 6. The SMILES string of the molecule is CCCCOc1ccc(-c2ccc(C3=CCC(OCc4ccc(C)c(F)c4F)CC3)c(F)c2F)c(F)c1F. The third-order valence-corrected chi connectivity index (χ3v) is 6.71. The molecule has 0 radical (unpaired) electrons. The van der Waals surface area contributed by atoms with Crippen LogP contribution in [0, 0.1) is 41.8 Å². The first-order valence-electron chi connectivity index (χ1n) is 12.6. The van der Waals surface area contributed by atoms with Gasteiger partial charge in [-0.2, -0.15) is 4.39 Å². The summed E-state index contributed by atoms with van der Waals surface area (Å²) in [6.45, 7) is 3.50. The van der Waals surface area contributed by atoms with Gasteiger partial charge in [-0.3, -0.25) is 0 Å². The Morgan fingerprint density at radius 1 is 0.763 bits per heavy atom. The van der Waals surface area contributed by atoms with Crippen molar-refractivity contribution >= 4 is 5.57 Å². The zero-order valence-corrected chi connectivity index (χ0v) is 21.2. The molecule has 0 spiro atoms. The molecule has 202 valence electrons. The summed E-state index contributed by atoms with van der Waals surface area (Å²) in [6.07, 6.45) is 4.08. The van der Waals surface area contributed by atoms with Gasteiger partial charge in [-0.25, -0.2) is 22.0 Å². The summed E-state index contributed by atoms with van der Waals surface area (Å²) in [5.41, 5.74) is 0.0872. The molecule has 0 heterocycles. The van der Waals surface area contributed by atoms with E-state index in [4.69, 9.17) is 9.47 Å². The van der Waals surface area contributed by atoms with Crippen LogP contribution in [-0.2, 0) is 11.3 Å². The van der Waals surface area contributed by atoms with Gasteiger partial charge in [0.25, 0.3) is 0 Å². The monoisotopic (exact) mass is 534 g/mol. The second kappa shape index (κ2) is 12.1. The molecule has 0 aliphatic heterocycles. The molecular formula is C30H28F6O2. The highest BCUT2D eigenvalue weighted by atomic mass is 19.2. The molecule has 1 atom stereocenters. The number of aryl methyl sites for hydroxylation is 1. The molecule has 0 fully saturated rings. The van der Waals surface area contributed by atoms with E-state index in [2.05, 4.69) is 0 Å². The first kappa shape index (κ1) is 27.8. The zero-order chi connectivity index (χ0) is 27.4. The lowest BCUT2D eigenvalue weighted by atomic mass is 9.90. The van der Waals surface area contributed by atoms with E-state index in [1.165, 1.54) is 43.3 Å². The van der Waals surface area contributed by atoms with Crippen LogP contribution in [0.3, 0.4) is 0 Å². The second-order valence-corrected chi connectivity index (χ2v) is 9.34. The normalized spacial score (nSPS) is 15.5. The molecule has 1 unspecified atom stereocenters.